The van der Waals surface area contributed by atoms with E-state index in [0.717, 1.165) is 0 Å². The van der Waals surface area contributed by atoms with Crippen LogP contribution in [0.3, 0.4) is 0 Å². The Bertz CT molecular complexity index is 528. The highest BCUT2D eigenvalue weighted by Crippen LogP contribution is 2.24. The Morgan fingerprint density at radius 3 is 2.71 bits per heavy atom. The van der Waals surface area contributed by atoms with Crippen LogP contribution in [0.1, 0.15) is 13.3 Å². The molecule has 1 aliphatic rings. The lowest BCUT2D eigenvalue weighted by Gasteiger charge is -2.41. The summed E-state index contributed by atoms with van der Waals surface area (Å²) in [6, 6.07) is 6.03. The summed E-state index contributed by atoms with van der Waals surface area (Å²) in [7, 11) is 0. The van der Waals surface area contributed by atoms with Crippen molar-refractivity contribution in [2.75, 3.05) is 19.7 Å². The van der Waals surface area contributed by atoms with Gasteiger partial charge in [-0.05, 0) is 12.1 Å². The fraction of sp³-hybridized carbons (Fsp3) is 0.467. The molecule has 1 aromatic rings. The number of rotatable bonds is 6. The summed E-state index contributed by atoms with van der Waals surface area (Å²) in [5.41, 5.74) is 0. The van der Waals surface area contributed by atoms with Gasteiger partial charge in [-0.1, -0.05) is 19.1 Å². The molecule has 0 aromatic heterocycles. The second kappa shape index (κ2) is 6.56. The van der Waals surface area contributed by atoms with Gasteiger partial charge in [-0.2, -0.15) is 0 Å². The molecule has 0 spiro atoms. The average molecular weight is 295 g/mol. The molecule has 1 aromatic carbocycles. The number of para-hydroxylation sites is 1. The molecule has 1 atom stereocenters. The van der Waals surface area contributed by atoms with Gasteiger partial charge in [0.1, 0.15) is 0 Å². The Morgan fingerprint density at radius 2 is 2.10 bits per heavy atom. The number of benzene rings is 1. The molecule has 1 saturated heterocycles. The number of aliphatic carboxylic acids is 1. The number of hydrogen-bond acceptors (Lipinski definition) is 3. The minimum atomic E-state index is -0.838. The van der Waals surface area contributed by atoms with Crippen molar-refractivity contribution in [3.63, 3.8) is 0 Å². The molecule has 1 amide bonds. The lowest BCUT2D eigenvalue weighted by molar-refractivity contribution is -0.150. The van der Waals surface area contributed by atoms with Crippen LogP contribution >= 0.6 is 0 Å². The zero-order valence-corrected chi connectivity index (χ0v) is 11.8. The van der Waals surface area contributed by atoms with Crippen molar-refractivity contribution in [2.45, 2.75) is 13.3 Å². The first-order valence-corrected chi connectivity index (χ1v) is 6.87. The van der Waals surface area contributed by atoms with Crippen LogP contribution in [0, 0.1) is 17.7 Å². The van der Waals surface area contributed by atoms with Gasteiger partial charge < -0.3 is 14.7 Å². The first-order chi connectivity index (χ1) is 9.99. The molecule has 0 saturated carbocycles. The predicted octanol–water partition coefficient (Wildman–Crippen LogP) is 1.77. The van der Waals surface area contributed by atoms with Crippen molar-refractivity contribution >= 4 is 11.9 Å². The highest BCUT2D eigenvalue weighted by molar-refractivity contribution is 5.78. The topological polar surface area (TPSA) is 66.8 Å². The van der Waals surface area contributed by atoms with Crippen LogP contribution in [-0.4, -0.2) is 41.6 Å². The van der Waals surface area contributed by atoms with E-state index in [0.29, 0.717) is 13.1 Å². The van der Waals surface area contributed by atoms with Crippen molar-refractivity contribution in [1.82, 2.24) is 4.90 Å². The van der Waals surface area contributed by atoms with Crippen LogP contribution in [0.4, 0.5) is 4.39 Å². The lowest BCUT2D eigenvalue weighted by Crippen LogP contribution is -2.53. The number of ether oxygens (including phenoxy) is 1. The number of amides is 1. The summed E-state index contributed by atoms with van der Waals surface area (Å²) < 4.78 is 18.5. The number of carbonyl (C=O) groups is 2. The Kier molecular flexibility index (Phi) is 4.77. The number of hydrogen-bond donors (Lipinski definition) is 1. The second-order valence-corrected chi connectivity index (χ2v) is 5.21. The molecule has 1 N–H and O–H groups in total. The molecular weight excluding hydrogens is 277 g/mol. The van der Waals surface area contributed by atoms with Crippen LogP contribution in [-0.2, 0) is 9.59 Å². The number of halogens is 1. The summed E-state index contributed by atoms with van der Waals surface area (Å²) in [4.78, 5) is 24.3. The van der Waals surface area contributed by atoms with Gasteiger partial charge in [0.25, 0.3) is 0 Å². The van der Waals surface area contributed by atoms with E-state index < -0.39 is 17.7 Å². The van der Waals surface area contributed by atoms with Crippen molar-refractivity contribution in [3.8, 4) is 5.75 Å². The molecular formula is C15H18FNO4. The predicted molar refractivity (Wildman–Crippen MR) is 73.4 cm³/mol. The highest BCUT2D eigenvalue weighted by Gasteiger charge is 2.36. The van der Waals surface area contributed by atoms with E-state index in [4.69, 9.17) is 9.84 Å². The number of carboxylic acid groups (broad SMARTS) is 1. The number of carboxylic acids is 1. The van der Waals surface area contributed by atoms with E-state index in [2.05, 4.69) is 0 Å². The molecule has 2 rings (SSSR count). The molecule has 0 bridgehead atoms. The zero-order valence-electron chi connectivity index (χ0n) is 11.8. The number of likely N-dealkylation sites (tertiary alicyclic amines) is 1. The summed E-state index contributed by atoms with van der Waals surface area (Å²) >= 11 is 0. The van der Waals surface area contributed by atoms with Crippen LogP contribution in [0.15, 0.2) is 24.3 Å². The van der Waals surface area contributed by atoms with Crippen LogP contribution in [0.5, 0.6) is 5.75 Å². The maximum atomic E-state index is 13.3. The Balaban J connectivity index is 1.70. The smallest absolute Gasteiger partial charge is 0.306 e. The normalized spacial score (nSPS) is 16.2. The maximum Gasteiger partial charge on any atom is 0.306 e. The summed E-state index contributed by atoms with van der Waals surface area (Å²) in [6.07, 6.45) is 0.155. The van der Waals surface area contributed by atoms with Gasteiger partial charge in [-0.15, -0.1) is 0 Å². The van der Waals surface area contributed by atoms with E-state index >= 15 is 0 Å². The minimum absolute atomic E-state index is 0.0129. The first-order valence-electron chi connectivity index (χ1n) is 6.87. The van der Waals surface area contributed by atoms with Crippen LogP contribution in [0.2, 0.25) is 0 Å². The van der Waals surface area contributed by atoms with Gasteiger partial charge >= 0.3 is 5.97 Å². The summed E-state index contributed by atoms with van der Waals surface area (Å²) in [5, 5.41) is 8.88. The van der Waals surface area contributed by atoms with Crippen molar-refractivity contribution in [3.05, 3.63) is 30.1 Å². The van der Waals surface area contributed by atoms with E-state index in [1.165, 1.54) is 12.1 Å². The quantitative estimate of drug-likeness (QED) is 0.868. The Labute approximate surface area is 122 Å². The van der Waals surface area contributed by atoms with Crippen molar-refractivity contribution in [1.29, 1.82) is 0 Å². The van der Waals surface area contributed by atoms with Gasteiger partial charge in [0.2, 0.25) is 5.91 Å². The monoisotopic (exact) mass is 295 g/mol. The molecule has 0 aliphatic carbocycles. The van der Waals surface area contributed by atoms with Gasteiger partial charge in [-0.3, -0.25) is 9.59 Å². The zero-order chi connectivity index (χ0) is 15.4. The van der Waals surface area contributed by atoms with E-state index in [-0.39, 0.29) is 30.6 Å². The average Bonchev–Trinajstić information content (AvgIpc) is 2.39. The molecule has 1 unspecified atom stereocenters. The second-order valence-electron chi connectivity index (χ2n) is 5.21. The molecule has 1 aliphatic heterocycles. The fourth-order valence-corrected chi connectivity index (χ4v) is 2.20. The third-order valence-corrected chi connectivity index (χ3v) is 3.77. The first kappa shape index (κ1) is 15.3. The maximum absolute atomic E-state index is 13.3. The van der Waals surface area contributed by atoms with Crippen molar-refractivity contribution in [2.24, 2.45) is 11.8 Å². The molecule has 1 heterocycles. The molecule has 21 heavy (non-hydrogen) atoms. The molecule has 6 heteroatoms. The SMILES string of the molecule is CC(C(=O)O)C1CN(C(=O)CCOc2ccccc2F)C1. The fourth-order valence-electron chi connectivity index (χ4n) is 2.20. The minimum Gasteiger partial charge on any atom is -0.490 e. The molecule has 5 nitrogen and oxygen atoms in total. The van der Waals surface area contributed by atoms with Crippen LogP contribution in [0.25, 0.3) is 0 Å². The molecule has 114 valence electrons. The van der Waals surface area contributed by atoms with Gasteiger partial charge in [0, 0.05) is 19.0 Å². The van der Waals surface area contributed by atoms with Crippen LogP contribution < -0.4 is 4.74 Å². The van der Waals surface area contributed by atoms with Gasteiger partial charge in [0.05, 0.1) is 18.9 Å². The van der Waals surface area contributed by atoms with Crippen molar-refractivity contribution < 1.29 is 23.8 Å². The summed E-state index contributed by atoms with van der Waals surface area (Å²) in [6.45, 7) is 2.68. The van der Waals surface area contributed by atoms with Gasteiger partial charge in [-0.25, -0.2) is 4.39 Å². The number of nitrogens with zero attached hydrogens (tertiary/aromatic N) is 1. The molecule has 0 radical (unpaired) electrons. The Hall–Kier alpha value is -2.11. The summed E-state index contributed by atoms with van der Waals surface area (Å²) in [5.74, 6) is -1.69. The largest absolute Gasteiger partial charge is 0.490 e. The van der Waals surface area contributed by atoms with Gasteiger partial charge in [0.15, 0.2) is 11.6 Å². The third-order valence-electron chi connectivity index (χ3n) is 3.77. The lowest BCUT2D eigenvalue weighted by atomic mass is 9.87. The van der Waals surface area contributed by atoms with E-state index in [9.17, 15) is 14.0 Å². The molecule has 1 fully saturated rings. The van der Waals surface area contributed by atoms with E-state index in [1.807, 2.05) is 0 Å². The Morgan fingerprint density at radius 1 is 1.43 bits per heavy atom. The third kappa shape index (κ3) is 3.71. The number of carbonyl (C=O) groups excluding carboxylic acids is 1. The van der Waals surface area contributed by atoms with E-state index in [1.54, 1.807) is 24.0 Å². The highest BCUT2D eigenvalue weighted by atomic mass is 19.1. The standard InChI is InChI=1S/C15H18FNO4/c1-10(15(19)20)11-8-17(9-11)14(18)6-7-21-13-5-3-2-4-12(13)16/h2-5,10-11H,6-9H2,1H3,(H,19,20).